The highest BCUT2D eigenvalue weighted by atomic mass is 32.2. The van der Waals surface area contributed by atoms with Crippen LogP contribution in [0.2, 0.25) is 0 Å². The molecule has 2 aromatic carbocycles. The van der Waals surface area contributed by atoms with Crippen molar-refractivity contribution in [2.45, 2.75) is 18.2 Å². The van der Waals surface area contributed by atoms with Gasteiger partial charge in [0.15, 0.2) is 0 Å². The Hall–Kier alpha value is -2.45. The highest BCUT2D eigenvalue weighted by Crippen LogP contribution is 2.12. The molecule has 0 saturated heterocycles. The van der Waals surface area contributed by atoms with Gasteiger partial charge in [-0.25, -0.2) is 17.5 Å². The molecule has 0 unspecified atom stereocenters. The number of carbonyl (C=O) groups is 1. The van der Waals surface area contributed by atoms with Gasteiger partial charge in [-0.15, -0.1) is 0 Å². The van der Waals surface area contributed by atoms with Gasteiger partial charge in [-0.3, -0.25) is 4.79 Å². The van der Waals surface area contributed by atoms with E-state index in [0.29, 0.717) is 13.0 Å². The molecule has 2 aromatic rings. The van der Waals surface area contributed by atoms with Crippen LogP contribution < -0.4 is 9.46 Å². The smallest absolute Gasteiger partial charge is 0.240 e. The van der Waals surface area contributed by atoms with Gasteiger partial charge in [0, 0.05) is 26.6 Å². The van der Waals surface area contributed by atoms with Gasteiger partial charge in [-0.2, -0.15) is 0 Å². The molecule has 1 N–H and O–H groups in total. The van der Waals surface area contributed by atoms with E-state index in [1.54, 1.807) is 12.0 Å². The molecular weight excluding hydrogens is 371 g/mol. The van der Waals surface area contributed by atoms with Gasteiger partial charge < -0.3 is 9.64 Å². The lowest BCUT2D eigenvalue weighted by molar-refractivity contribution is -0.128. The van der Waals surface area contributed by atoms with E-state index in [-0.39, 0.29) is 23.9 Å². The van der Waals surface area contributed by atoms with E-state index in [1.165, 1.54) is 19.1 Å². The van der Waals surface area contributed by atoms with Crippen molar-refractivity contribution in [2.75, 3.05) is 26.7 Å². The van der Waals surface area contributed by atoms with Crippen LogP contribution in [-0.2, 0) is 21.2 Å². The Balaban J connectivity index is 1.88. The maximum absolute atomic E-state index is 12.9. The molecule has 2 rings (SSSR count). The molecule has 0 bridgehead atoms. The normalized spacial score (nSPS) is 11.2. The number of carbonyl (C=O) groups excluding carboxylic acids is 1. The summed E-state index contributed by atoms with van der Waals surface area (Å²) in [6, 6.07) is 12.1. The summed E-state index contributed by atoms with van der Waals surface area (Å²) in [6.45, 7) is 2.23. The van der Waals surface area contributed by atoms with Crippen LogP contribution in [0.15, 0.2) is 53.4 Å². The molecule has 0 aromatic heterocycles. The zero-order chi connectivity index (χ0) is 19.9. The molecule has 0 aliphatic heterocycles. The topological polar surface area (TPSA) is 75.7 Å². The summed E-state index contributed by atoms with van der Waals surface area (Å²) >= 11 is 0. The summed E-state index contributed by atoms with van der Waals surface area (Å²) in [5.74, 6) is 0.122. The largest absolute Gasteiger partial charge is 0.497 e. The molecule has 0 atom stereocenters. The van der Waals surface area contributed by atoms with E-state index < -0.39 is 15.8 Å². The molecule has 0 aliphatic rings. The van der Waals surface area contributed by atoms with Crippen LogP contribution in [0.4, 0.5) is 4.39 Å². The second kappa shape index (κ2) is 9.48. The molecule has 8 heteroatoms. The third-order valence-electron chi connectivity index (χ3n) is 4.07. The molecule has 0 heterocycles. The average molecular weight is 394 g/mol. The Morgan fingerprint density at radius 1 is 1.07 bits per heavy atom. The van der Waals surface area contributed by atoms with E-state index in [4.69, 9.17) is 4.74 Å². The van der Waals surface area contributed by atoms with Gasteiger partial charge in [0.1, 0.15) is 11.6 Å². The second-order valence-electron chi connectivity index (χ2n) is 5.96. The van der Waals surface area contributed by atoms with Crippen molar-refractivity contribution in [3.63, 3.8) is 0 Å². The minimum atomic E-state index is -3.74. The van der Waals surface area contributed by atoms with Crippen LogP contribution in [0.5, 0.6) is 5.75 Å². The molecule has 0 spiro atoms. The summed E-state index contributed by atoms with van der Waals surface area (Å²) in [6.07, 6.45) is 0.647. The fourth-order valence-electron chi connectivity index (χ4n) is 2.50. The average Bonchev–Trinajstić information content (AvgIpc) is 2.65. The second-order valence-corrected chi connectivity index (χ2v) is 7.72. The number of methoxy groups -OCH3 is 1. The molecular formula is C19H23FN2O4S. The Morgan fingerprint density at radius 3 is 2.26 bits per heavy atom. The monoisotopic (exact) mass is 394 g/mol. The Morgan fingerprint density at radius 2 is 1.70 bits per heavy atom. The third-order valence-corrected chi connectivity index (χ3v) is 5.55. The summed E-state index contributed by atoms with van der Waals surface area (Å²) in [5, 5.41) is 0. The van der Waals surface area contributed by atoms with Crippen molar-refractivity contribution in [3.8, 4) is 5.75 Å². The summed E-state index contributed by atoms with van der Waals surface area (Å²) < 4.78 is 44.8. The van der Waals surface area contributed by atoms with Crippen LogP contribution in [0, 0.1) is 5.82 Å². The predicted molar refractivity (Wildman–Crippen MR) is 101 cm³/mol. The summed E-state index contributed by atoms with van der Waals surface area (Å²) in [5.41, 5.74) is 1.05. The SMILES string of the molecule is COc1ccc(CCN(CCNS(=O)(=O)c2ccc(F)cc2)C(C)=O)cc1. The maximum Gasteiger partial charge on any atom is 0.240 e. The van der Waals surface area contributed by atoms with E-state index in [0.717, 1.165) is 23.4 Å². The number of benzene rings is 2. The number of ether oxygens (including phenoxy) is 1. The standard InChI is InChI=1S/C19H23FN2O4S/c1-15(23)22(13-11-16-3-7-18(26-2)8-4-16)14-12-21-27(24,25)19-9-5-17(20)6-10-19/h3-10,21H,11-14H2,1-2H3. The van der Waals surface area contributed by atoms with E-state index in [2.05, 4.69) is 4.72 Å². The number of nitrogens with one attached hydrogen (secondary N) is 1. The maximum atomic E-state index is 12.9. The fraction of sp³-hybridized carbons (Fsp3) is 0.316. The number of halogens is 1. The first kappa shape index (κ1) is 20.9. The van der Waals surface area contributed by atoms with Gasteiger partial charge in [-0.1, -0.05) is 12.1 Å². The molecule has 0 aliphatic carbocycles. The predicted octanol–water partition coefficient (Wildman–Crippen LogP) is 2.20. The Labute approximate surface area is 159 Å². The van der Waals surface area contributed by atoms with Crippen LogP contribution in [0.1, 0.15) is 12.5 Å². The van der Waals surface area contributed by atoms with Crippen LogP contribution in [-0.4, -0.2) is 46.0 Å². The number of sulfonamides is 1. The lowest BCUT2D eigenvalue weighted by Crippen LogP contribution is -2.38. The molecule has 0 saturated carbocycles. The number of rotatable bonds is 9. The van der Waals surface area contributed by atoms with Crippen LogP contribution in [0.25, 0.3) is 0 Å². The van der Waals surface area contributed by atoms with Crippen molar-refractivity contribution in [1.82, 2.24) is 9.62 Å². The number of nitrogens with zero attached hydrogens (tertiary/aromatic N) is 1. The molecule has 146 valence electrons. The van der Waals surface area contributed by atoms with Gasteiger partial charge in [0.25, 0.3) is 0 Å². The lowest BCUT2D eigenvalue weighted by atomic mass is 10.1. The van der Waals surface area contributed by atoms with Crippen molar-refractivity contribution in [3.05, 3.63) is 59.9 Å². The highest BCUT2D eigenvalue weighted by Gasteiger charge is 2.15. The van der Waals surface area contributed by atoms with Gasteiger partial charge in [0.2, 0.25) is 15.9 Å². The zero-order valence-corrected chi connectivity index (χ0v) is 16.1. The quantitative estimate of drug-likeness (QED) is 0.708. The van der Waals surface area contributed by atoms with Gasteiger partial charge >= 0.3 is 0 Å². The van der Waals surface area contributed by atoms with Crippen molar-refractivity contribution < 1.29 is 22.3 Å². The van der Waals surface area contributed by atoms with Gasteiger partial charge in [0.05, 0.1) is 12.0 Å². The highest BCUT2D eigenvalue weighted by molar-refractivity contribution is 7.89. The van der Waals surface area contributed by atoms with Crippen molar-refractivity contribution >= 4 is 15.9 Å². The van der Waals surface area contributed by atoms with Gasteiger partial charge in [-0.05, 0) is 48.4 Å². The van der Waals surface area contributed by atoms with Crippen molar-refractivity contribution in [2.24, 2.45) is 0 Å². The first-order valence-corrected chi connectivity index (χ1v) is 9.94. The van der Waals surface area contributed by atoms with E-state index >= 15 is 0 Å². The molecule has 0 fully saturated rings. The Bertz CT molecular complexity index is 852. The van der Waals surface area contributed by atoms with E-state index in [9.17, 15) is 17.6 Å². The summed E-state index contributed by atoms with van der Waals surface area (Å²) in [4.78, 5) is 13.4. The molecule has 27 heavy (non-hydrogen) atoms. The number of hydrogen-bond donors (Lipinski definition) is 1. The zero-order valence-electron chi connectivity index (χ0n) is 15.3. The summed E-state index contributed by atoms with van der Waals surface area (Å²) in [7, 11) is -2.15. The first-order chi connectivity index (χ1) is 12.8. The third kappa shape index (κ3) is 6.33. The minimum Gasteiger partial charge on any atom is -0.497 e. The molecule has 0 radical (unpaired) electrons. The molecule has 6 nitrogen and oxygen atoms in total. The molecule has 1 amide bonds. The minimum absolute atomic E-state index is 0.0171. The fourth-order valence-corrected chi connectivity index (χ4v) is 3.52. The first-order valence-electron chi connectivity index (χ1n) is 8.45. The number of amides is 1. The Kier molecular flexibility index (Phi) is 7.32. The van der Waals surface area contributed by atoms with Crippen molar-refractivity contribution in [1.29, 1.82) is 0 Å². The van der Waals surface area contributed by atoms with E-state index in [1.807, 2.05) is 24.3 Å². The lowest BCUT2D eigenvalue weighted by Gasteiger charge is -2.21. The van der Waals surface area contributed by atoms with Crippen LogP contribution in [0.3, 0.4) is 0 Å². The number of hydrogen-bond acceptors (Lipinski definition) is 4. The van der Waals surface area contributed by atoms with Crippen LogP contribution >= 0.6 is 0 Å².